The van der Waals surface area contributed by atoms with E-state index in [2.05, 4.69) is 15.8 Å². The maximum Gasteiger partial charge on any atom is 0.356 e. The van der Waals surface area contributed by atoms with Gasteiger partial charge in [0.15, 0.2) is 11.2 Å². The molecule has 1 aromatic heterocycles. The number of rotatable bonds is 9. The number of thioether (sulfide) groups is 1. The van der Waals surface area contributed by atoms with Gasteiger partial charge in [0, 0.05) is 29.3 Å². The van der Waals surface area contributed by atoms with Crippen molar-refractivity contribution in [2.24, 2.45) is 5.10 Å². The average Bonchev–Trinajstić information content (AvgIpc) is 3.59. The summed E-state index contributed by atoms with van der Waals surface area (Å²) in [5.41, 5.74) is 5.08. The van der Waals surface area contributed by atoms with Crippen LogP contribution >= 0.6 is 35.3 Å². The fourth-order valence-corrected chi connectivity index (χ4v) is 7.51. The number of hydrogen-bond acceptors (Lipinski definition) is 9. The van der Waals surface area contributed by atoms with E-state index in [-0.39, 0.29) is 23.9 Å². The van der Waals surface area contributed by atoms with E-state index in [4.69, 9.17) is 21.7 Å². The van der Waals surface area contributed by atoms with E-state index in [0.29, 0.717) is 42.7 Å². The highest BCUT2D eigenvalue weighted by atomic mass is 32.2. The summed E-state index contributed by atoms with van der Waals surface area (Å²) in [5, 5.41) is 9.09. The summed E-state index contributed by atoms with van der Waals surface area (Å²) in [6.07, 6.45) is 0.998. The number of esters is 1. The minimum atomic E-state index is -0.755. The van der Waals surface area contributed by atoms with Crippen molar-refractivity contribution in [3.63, 3.8) is 0 Å². The Bertz CT molecular complexity index is 1550. The van der Waals surface area contributed by atoms with Crippen molar-refractivity contribution in [2.75, 3.05) is 32.1 Å². The highest BCUT2D eigenvalue weighted by Crippen LogP contribution is 2.41. The number of nitrogens with one attached hydrogen (secondary N) is 2. The highest BCUT2D eigenvalue weighted by molar-refractivity contribution is 8.00. The van der Waals surface area contributed by atoms with Crippen molar-refractivity contribution in [1.29, 1.82) is 0 Å². The lowest BCUT2D eigenvalue weighted by Gasteiger charge is -2.49. The number of β-lactam (4-membered cyclic amide) rings is 1. The van der Waals surface area contributed by atoms with E-state index in [1.54, 1.807) is 0 Å². The lowest BCUT2D eigenvalue weighted by Crippen LogP contribution is -2.70. The van der Waals surface area contributed by atoms with Crippen LogP contribution < -0.4 is 10.7 Å². The normalized spacial score (nSPS) is 19.7. The molecule has 232 valence electrons. The van der Waals surface area contributed by atoms with E-state index in [9.17, 15) is 14.4 Å². The molecule has 2 N–H and O–H groups in total. The zero-order chi connectivity index (χ0) is 31.2. The third kappa shape index (κ3) is 7.12. The van der Waals surface area contributed by atoms with Crippen molar-refractivity contribution in [3.8, 4) is 0 Å². The maximum atomic E-state index is 14.1. The zero-order valence-electron chi connectivity index (χ0n) is 24.2. The molecular formula is C32H31N5O5S3. The van der Waals surface area contributed by atoms with E-state index in [1.807, 2.05) is 83.1 Å². The molecule has 13 heteroatoms. The molecule has 0 radical (unpaired) electrons. The third-order valence-corrected chi connectivity index (χ3v) is 10.1. The van der Waals surface area contributed by atoms with Crippen molar-refractivity contribution in [1.82, 2.24) is 20.5 Å². The fraction of sp³-hybridized carbons (Fsp3) is 0.281. The van der Waals surface area contributed by atoms with Gasteiger partial charge in [-0.1, -0.05) is 66.7 Å². The number of thiophene rings is 1. The molecule has 2 amide bonds. The number of hydrogen-bond donors (Lipinski definition) is 2. The van der Waals surface area contributed by atoms with Gasteiger partial charge < -0.3 is 19.7 Å². The summed E-state index contributed by atoms with van der Waals surface area (Å²) >= 11 is 8.42. The molecule has 0 aliphatic carbocycles. The standard InChI is InChI=1S/C32H31N5O5S3/c38-25(18-24-12-7-17-44-24)34-26-29(39)37-27(23(20-45-30(26)37)19-33-35-32(43)36-13-15-41-16-14-36)31(40)42-28(21-8-3-1-4-9-21)22-10-5-2-6-11-22/h1-12,17,19,26,28,30H,13-16,18,20H2,(H,34,38)(H,35,43)/t26?,30-/m1/s1. The van der Waals surface area contributed by atoms with Crippen LogP contribution in [0.4, 0.5) is 0 Å². The molecule has 0 bridgehead atoms. The fourth-order valence-electron chi connectivity index (χ4n) is 5.28. The van der Waals surface area contributed by atoms with Gasteiger partial charge in [0.25, 0.3) is 5.91 Å². The van der Waals surface area contributed by atoms with Gasteiger partial charge in [0.1, 0.15) is 17.1 Å². The smallest absolute Gasteiger partial charge is 0.356 e. The van der Waals surface area contributed by atoms with Gasteiger partial charge >= 0.3 is 5.97 Å². The lowest BCUT2D eigenvalue weighted by molar-refractivity contribution is -0.154. The Hall–Kier alpha value is -4.04. The zero-order valence-corrected chi connectivity index (χ0v) is 26.6. The highest BCUT2D eigenvalue weighted by Gasteiger charge is 2.54. The van der Waals surface area contributed by atoms with Gasteiger partial charge in [-0.25, -0.2) is 4.79 Å². The molecule has 45 heavy (non-hydrogen) atoms. The Kier molecular flexibility index (Phi) is 9.89. The molecule has 2 fully saturated rings. The number of nitrogens with zero attached hydrogens (tertiary/aromatic N) is 3. The molecule has 1 unspecified atom stereocenters. The van der Waals surface area contributed by atoms with Crippen LogP contribution in [0.25, 0.3) is 0 Å². The number of ether oxygens (including phenoxy) is 2. The Labute approximate surface area is 274 Å². The van der Waals surface area contributed by atoms with E-state index in [0.717, 1.165) is 16.0 Å². The molecule has 2 aromatic carbocycles. The number of thiocarbonyl (C=S) groups is 1. The first-order valence-electron chi connectivity index (χ1n) is 14.5. The molecule has 4 heterocycles. The molecule has 3 aliphatic heterocycles. The third-order valence-electron chi connectivity index (χ3n) is 7.53. The summed E-state index contributed by atoms with van der Waals surface area (Å²) in [5.74, 6) is -0.914. The van der Waals surface area contributed by atoms with Crippen LogP contribution in [-0.2, 0) is 30.3 Å². The van der Waals surface area contributed by atoms with Crippen LogP contribution in [0.5, 0.6) is 0 Å². The van der Waals surface area contributed by atoms with Crippen molar-refractivity contribution >= 4 is 64.4 Å². The first-order chi connectivity index (χ1) is 22.0. The number of morpholine rings is 1. The van der Waals surface area contributed by atoms with Gasteiger partial charge in [-0.2, -0.15) is 5.10 Å². The van der Waals surface area contributed by atoms with Crippen LogP contribution in [0.3, 0.4) is 0 Å². The van der Waals surface area contributed by atoms with Crippen LogP contribution in [0.15, 0.2) is 94.5 Å². The first kappa shape index (κ1) is 31.0. The molecule has 0 spiro atoms. The van der Waals surface area contributed by atoms with E-state index in [1.165, 1.54) is 34.2 Å². The van der Waals surface area contributed by atoms with Gasteiger partial charge in [-0.15, -0.1) is 23.1 Å². The Balaban J connectivity index is 1.25. The predicted octanol–water partition coefficient (Wildman–Crippen LogP) is 3.47. The molecule has 10 nitrogen and oxygen atoms in total. The first-order valence-corrected chi connectivity index (χ1v) is 16.8. The molecule has 2 atom stereocenters. The quantitative estimate of drug-likeness (QED) is 0.117. The van der Waals surface area contributed by atoms with E-state index >= 15 is 0 Å². The second-order valence-electron chi connectivity index (χ2n) is 10.5. The van der Waals surface area contributed by atoms with Gasteiger partial charge in [0.05, 0.1) is 25.8 Å². The molecular weight excluding hydrogens is 631 g/mol. The Morgan fingerprint density at radius 2 is 1.73 bits per heavy atom. The summed E-state index contributed by atoms with van der Waals surface area (Å²) < 4.78 is 11.6. The van der Waals surface area contributed by atoms with Gasteiger partial charge in [-0.3, -0.25) is 19.9 Å². The van der Waals surface area contributed by atoms with Crippen molar-refractivity contribution in [2.45, 2.75) is 23.9 Å². The summed E-state index contributed by atoms with van der Waals surface area (Å²) in [7, 11) is 0. The minimum Gasteiger partial charge on any atom is -0.448 e. The Morgan fingerprint density at radius 3 is 2.38 bits per heavy atom. The SMILES string of the molecule is O=C(Cc1cccs1)NC1C(=O)N2C(C(=O)OC(c3ccccc3)c3ccccc3)=C(C=NNC(=S)N3CCOCC3)CS[C@H]12. The molecule has 2 saturated heterocycles. The molecule has 0 saturated carbocycles. The van der Waals surface area contributed by atoms with Crippen molar-refractivity contribution in [3.05, 3.63) is 105 Å². The number of carbonyl (C=O) groups excluding carboxylic acids is 3. The second kappa shape index (κ2) is 14.4. The van der Waals surface area contributed by atoms with Gasteiger partial charge in [-0.05, 0) is 34.8 Å². The van der Waals surface area contributed by atoms with Crippen molar-refractivity contribution < 1.29 is 23.9 Å². The molecule has 3 aromatic rings. The second-order valence-corrected chi connectivity index (χ2v) is 13.0. The topological polar surface area (TPSA) is 113 Å². The minimum absolute atomic E-state index is 0.104. The number of benzene rings is 2. The number of carbonyl (C=O) groups is 3. The Morgan fingerprint density at radius 1 is 1.04 bits per heavy atom. The average molecular weight is 662 g/mol. The van der Waals surface area contributed by atoms with Crippen LogP contribution in [-0.4, -0.2) is 82.4 Å². The largest absolute Gasteiger partial charge is 0.448 e. The monoisotopic (exact) mass is 661 g/mol. The van der Waals surface area contributed by atoms with Crippen LogP contribution in [0.2, 0.25) is 0 Å². The summed E-state index contributed by atoms with van der Waals surface area (Å²) in [4.78, 5) is 44.7. The molecule has 6 rings (SSSR count). The predicted molar refractivity (Wildman–Crippen MR) is 178 cm³/mol. The van der Waals surface area contributed by atoms with Crippen LogP contribution in [0, 0.1) is 0 Å². The molecule has 3 aliphatic rings. The summed E-state index contributed by atoms with van der Waals surface area (Å²) in [6.45, 7) is 2.47. The summed E-state index contributed by atoms with van der Waals surface area (Å²) in [6, 6.07) is 21.9. The van der Waals surface area contributed by atoms with Gasteiger partial charge in [0.2, 0.25) is 5.91 Å². The maximum absolute atomic E-state index is 14.1. The number of amides is 2. The number of fused-ring (bicyclic) bond motifs is 1. The number of hydrazone groups is 1. The van der Waals surface area contributed by atoms with Crippen LogP contribution in [0.1, 0.15) is 22.1 Å². The van der Waals surface area contributed by atoms with E-state index < -0.39 is 23.5 Å². The lowest BCUT2D eigenvalue weighted by atomic mass is 10.0.